The number of nitriles is 1. The Morgan fingerprint density at radius 1 is 1.72 bits per heavy atom. The first-order chi connectivity index (χ1) is 8.63. The molecule has 1 rings (SSSR count). The van der Waals surface area contributed by atoms with E-state index >= 15 is 0 Å². The SMILES string of the molecule is CCCNC(=O)C(C#N)=Cc1snc(OC)c1Br. The molecule has 1 aromatic rings. The molecule has 1 N–H and O–H groups in total. The average Bonchev–Trinajstić information content (AvgIpc) is 2.73. The molecule has 0 fully saturated rings. The summed E-state index contributed by atoms with van der Waals surface area (Å²) in [6.45, 7) is 2.49. The second kappa shape index (κ2) is 7.13. The summed E-state index contributed by atoms with van der Waals surface area (Å²) in [5, 5.41) is 11.6. The number of carbonyl (C=O) groups is 1. The normalized spacial score (nSPS) is 10.9. The van der Waals surface area contributed by atoms with Crippen molar-refractivity contribution < 1.29 is 9.53 Å². The third-order valence-corrected chi connectivity index (χ3v) is 3.81. The van der Waals surface area contributed by atoms with Crippen LogP contribution in [0.4, 0.5) is 0 Å². The quantitative estimate of drug-likeness (QED) is 0.664. The summed E-state index contributed by atoms with van der Waals surface area (Å²) in [5.74, 6) is 0.0659. The Bertz CT molecular complexity index is 505. The Labute approximate surface area is 118 Å². The van der Waals surface area contributed by atoms with Gasteiger partial charge in [0.1, 0.15) is 11.6 Å². The van der Waals surface area contributed by atoms with E-state index in [1.54, 1.807) is 0 Å². The maximum absolute atomic E-state index is 11.7. The van der Waals surface area contributed by atoms with E-state index in [4.69, 9.17) is 10.00 Å². The Hall–Kier alpha value is -1.39. The highest BCUT2D eigenvalue weighted by Gasteiger charge is 2.13. The second-order valence-electron chi connectivity index (χ2n) is 3.30. The number of rotatable bonds is 5. The van der Waals surface area contributed by atoms with Crippen LogP contribution >= 0.6 is 27.5 Å². The predicted octanol–water partition coefficient (Wildman–Crippen LogP) is 2.35. The third kappa shape index (κ3) is 3.55. The first-order valence-electron chi connectivity index (χ1n) is 5.23. The first kappa shape index (κ1) is 14.7. The zero-order valence-corrected chi connectivity index (χ0v) is 12.4. The zero-order chi connectivity index (χ0) is 13.5. The summed E-state index contributed by atoms with van der Waals surface area (Å²) in [7, 11) is 1.51. The van der Waals surface area contributed by atoms with Crippen LogP contribution in [-0.2, 0) is 4.79 Å². The third-order valence-electron chi connectivity index (χ3n) is 2.00. The van der Waals surface area contributed by atoms with E-state index in [9.17, 15) is 4.79 Å². The van der Waals surface area contributed by atoms with Gasteiger partial charge in [-0.05, 0) is 40.0 Å². The molecule has 1 heterocycles. The van der Waals surface area contributed by atoms with Gasteiger partial charge in [0.25, 0.3) is 5.91 Å². The van der Waals surface area contributed by atoms with Crippen molar-refractivity contribution >= 4 is 39.4 Å². The van der Waals surface area contributed by atoms with E-state index in [1.165, 1.54) is 13.2 Å². The number of methoxy groups -OCH3 is 1. The molecule has 18 heavy (non-hydrogen) atoms. The molecule has 5 nitrogen and oxygen atoms in total. The lowest BCUT2D eigenvalue weighted by Crippen LogP contribution is -2.25. The van der Waals surface area contributed by atoms with Gasteiger partial charge in [-0.25, -0.2) is 0 Å². The van der Waals surface area contributed by atoms with Crippen LogP contribution in [0.5, 0.6) is 5.88 Å². The molecule has 1 amide bonds. The molecule has 0 aromatic carbocycles. The van der Waals surface area contributed by atoms with Crippen LogP contribution in [0.2, 0.25) is 0 Å². The number of aromatic nitrogens is 1. The van der Waals surface area contributed by atoms with Crippen molar-refractivity contribution in [3.8, 4) is 11.9 Å². The molecule has 1 aromatic heterocycles. The number of hydrogen-bond donors (Lipinski definition) is 1. The van der Waals surface area contributed by atoms with Gasteiger partial charge >= 0.3 is 0 Å². The van der Waals surface area contributed by atoms with Gasteiger partial charge in [0.15, 0.2) is 0 Å². The van der Waals surface area contributed by atoms with Gasteiger partial charge in [0, 0.05) is 6.54 Å². The molecule has 0 bridgehead atoms. The minimum Gasteiger partial charge on any atom is -0.480 e. The molecule has 7 heteroatoms. The molecule has 0 aliphatic heterocycles. The minimum absolute atomic E-state index is 0.0513. The molecule has 96 valence electrons. The number of hydrogen-bond acceptors (Lipinski definition) is 5. The predicted molar refractivity (Wildman–Crippen MR) is 73.3 cm³/mol. The maximum Gasteiger partial charge on any atom is 0.261 e. The van der Waals surface area contributed by atoms with Crippen LogP contribution in [0.3, 0.4) is 0 Å². The lowest BCUT2D eigenvalue weighted by Gasteiger charge is -2.00. The number of ether oxygens (including phenoxy) is 1. The molecule has 0 atom stereocenters. The van der Waals surface area contributed by atoms with Crippen LogP contribution in [-0.4, -0.2) is 23.9 Å². The molecule has 0 aliphatic rings. The molecule has 0 radical (unpaired) electrons. The van der Waals surface area contributed by atoms with Crippen LogP contribution in [0, 0.1) is 11.3 Å². The highest BCUT2D eigenvalue weighted by molar-refractivity contribution is 9.10. The summed E-state index contributed by atoms with van der Waals surface area (Å²) in [5.41, 5.74) is 0.0513. The summed E-state index contributed by atoms with van der Waals surface area (Å²) in [4.78, 5) is 12.3. The number of nitrogens with zero attached hydrogens (tertiary/aromatic N) is 2. The Morgan fingerprint density at radius 2 is 2.44 bits per heavy atom. The van der Waals surface area contributed by atoms with Gasteiger partial charge in [-0.1, -0.05) is 6.92 Å². The number of carbonyl (C=O) groups excluding carboxylic acids is 1. The van der Waals surface area contributed by atoms with Gasteiger partial charge < -0.3 is 10.1 Å². The van der Waals surface area contributed by atoms with Gasteiger partial charge in [-0.3, -0.25) is 4.79 Å². The molecular weight excluding hydrogens is 318 g/mol. The first-order valence-corrected chi connectivity index (χ1v) is 6.79. The van der Waals surface area contributed by atoms with Crippen molar-refractivity contribution in [2.24, 2.45) is 0 Å². The fraction of sp³-hybridized carbons (Fsp3) is 0.364. The van der Waals surface area contributed by atoms with Crippen LogP contribution < -0.4 is 10.1 Å². The van der Waals surface area contributed by atoms with Crippen LogP contribution in [0.15, 0.2) is 10.0 Å². The van der Waals surface area contributed by atoms with Crippen molar-refractivity contribution in [3.63, 3.8) is 0 Å². The van der Waals surface area contributed by atoms with E-state index in [1.807, 2.05) is 13.0 Å². The molecular formula is C11H12BrN3O2S. The highest BCUT2D eigenvalue weighted by atomic mass is 79.9. The van der Waals surface area contributed by atoms with E-state index < -0.39 is 0 Å². The minimum atomic E-state index is -0.376. The van der Waals surface area contributed by atoms with E-state index in [0.29, 0.717) is 21.8 Å². The van der Waals surface area contributed by atoms with Gasteiger partial charge in [0.05, 0.1) is 16.5 Å². The summed E-state index contributed by atoms with van der Waals surface area (Å²) in [6, 6.07) is 1.88. The lowest BCUT2D eigenvalue weighted by atomic mass is 10.2. The summed E-state index contributed by atoms with van der Waals surface area (Å²) < 4.78 is 9.68. The van der Waals surface area contributed by atoms with Gasteiger partial charge in [-0.2, -0.15) is 9.64 Å². The molecule has 0 spiro atoms. The van der Waals surface area contributed by atoms with E-state index in [2.05, 4.69) is 25.6 Å². The monoisotopic (exact) mass is 329 g/mol. The van der Waals surface area contributed by atoms with Crippen molar-refractivity contribution in [1.82, 2.24) is 9.69 Å². The van der Waals surface area contributed by atoms with E-state index in [-0.39, 0.29) is 11.5 Å². The maximum atomic E-state index is 11.7. The van der Waals surface area contributed by atoms with Crippen LogP contribution in [0.1, 0.15) is 18.2 Å². The number of halogens is 1. The largest absolute Gasteiger partial charge is 0.480 e. The zero-order valence-electron chi connectivity index (χ0n) is 9.99. The van der Waals surface area contributed by atoms with E-state index in [0.717, 1.165) is 18.0 Å². The Balaban J connectivity index is 2.94. The highest BCUT2D eigenvalue weighted by Crippen LogP contribution is 2.32. The van der Waals surface area contributed by atoms with Crippen molar-refractivity contribution in [2.75, 3.05) is 13.7 Å². The van der Waals surface area contributed by atoms with Gasteiger partial charge in [0.2, 0.25) is 5.88 Å². The lowest BCUT2D eigenvalue weighted by molar-refractivity contribution is -0.117. The van der Waals surface area contributed by atoms with Crippen LogP contribution in [0.25, 0.3) is 6.08 Å². The number of amides is 1. The van der Waals surface area contributed by atoms with Crippen molar-refractivity contribution in [3.05, 3.63) is 14.9 Å². The second-order valence-corrected chi connectivity index (χ2v) is 4.89. The fourth-order valence-corrected chi connectivity index (χ4v) is 2.49. The average molecular weight is 330 g/mol. The molecule has 0 saturated heterocycles. The van der Waals surface area contributed by atoms with Crippen molar-refractivity contribution in [1.29, 1.82) is 5.26 Å². The summed E-state index contributed by atoms with van der Waals surface area (Å²) in [6.07, 6.45) is 2.32. The standard InChI is InChI=1S/C11H12BrN3O2S/c1-3-4-14-10(16)7(6-13)5-8-9(12)11(17-2)15-18-8/h5H,3-4H2,1-2H3,(H,14,16). The summed E-state index contributed by atoms with van der Waals surface area (Å²) >= 11 is 4.46. The van der Waals surface area contributed by atoms with Gasteiger partial charge in [-0.15, -0.1) is 0 Å². The van der Waals surface area contributed by atoms with Crippen molar-refractivity contribution in [2.45, 2.75) is 13.3 Å². The fourth-order valence-electron chi connectivity index (χ4n) is 1.11. The smallest absolute Gasteiger partial charge is 0.261 e. The topological polar surface area (TPSA) is 75.0 Å². The molecule has 0 saturated carbocycles. The molecule has 0 aliphatic carbocycles. The Kier molecular flexibility index (Phi) is 5.82. The Morgan fingerprint density at radius 3 is 2.94 bits per heavy atom. The molecule has 0 unspecified atom stereocenters. The number of nitrogens with one attached hydrogen (secondary N) is 1.